The van der Waals surface area contributed by atoms with Gasteiger partial charge in [-0.2, -0.15) is 15.4 Å². The monoisotopic (exact) mass is 238 g/mol. The van der Waals surface area contributed by atoms with Crippen LogP contribution in [0.5, 0.6) is 0 Å². The summed E-state index contributed by atoms with van der Waals surface area (Å²) in [6.45, 7) is 0. The van der Waals surface area contributed by atoms with Gasteiger partial charge < -0.3 is 10.4 Å². The van der Waals surface area contributed by atoms with Crippen LogP contribution in [0.4, 0.5) is 0 Å². The Balaban J connectivity index is 2.01. The molecule has 1 aromatic rings. The largest absolute Gasteiger partial charge is 0.481 e. The van der Waals surface area contributed by atoms with E-state index in [2.05, 4.69) is 20.7 Å². The Bertz CT molecular complexity index is 404. The number of rotatable bonds is 3. The predicted octanol–water partition coefficient (Wildman–Crippen LogP) is 0.178. The smallest absolute Gasteiger partial charge is 0.308 e. The molecule has 7 heteroatoms. The summed E-state index contributed by atoms with van der Waals surface area (Å²) < 4.78 is 0. The second-order valence-corrected chi connectivity index (χ2v) is 4.16. The van der Waals surface area contributed by atoms with Crippen molar-refractivity contribution < 1.29 is 14.7 Å². The van der Waals surface area contributed by atoms with Gasteiger partial charge in [-0.3, -0.25) is 9.59 Å². The number of aliphatic carboxylic acids is 1. The molecule has 0 spiro atoms. The molecule has 0 bridgehead atoms. The molecule has 17 heavy (non-hydrogen) atoms. The molecule has 0 saturated heterocycles. The molecule has 0 aliphatic heterocycles. The number of hydrogen-bond donors (Lipinski definition) is 3. The van der Waals surface area contributed by atoms with Crippen molar-refractivity contribution in [3.63, 3.8) is 0 Å². The SMILES string of the molecule is O=C(NC1CCCCC1C(=O)O)c1cn[nH]n1. The number of amides is 1. The van der Waals surface area contributed by atoms with Gasteiger partial charge in [0.2, 0.25) is 0 Å². The van der Waals surface area contributed by atoms with Gasteiger partial charge in [-0.25, -0.2) is 0 Å². The first-order valence-electron chi connectivity index (χ1n) is 5.58. The number of carbonyl (C=O) groups excluding carboxylic acids is 1. The molecular weight excluding hydrogens is 224 g/mol. The van der Waals surface area contributed by atoms with Crippen LogP contribution in [-0.4, -0.2) is 38.4 Å². The van der Waals surface area contributed by atoms with Crippen molar-refractivity contribution in [2.75, 3.05) is 0 Å². The fourth-order valence-corrected chi connectivity index (χ4v) is 2.15. The van der Waals surface area contributed by atoms with E-state index in [1.54, 1.807) is 0 Å². The minimum absolute atomic E-state index is 0.180. The normalized spacial score (nSPS) is 24.2. The highest BCUT2D eigenvalue weighted by atomic mass is 16.4. The molecule has 0 radical (unpaired) electrons. The molecule has 1 fully saturated rings. The maximum Gasteiger partial charge on any atom is 0.308 e. The summed E-state index contributed by atoms with van der Waals surface area (Å²) in [4.78, 5) is 22.8. The fraction of sp³-hybridized carbons (Fsp3) is 0.600. The van der Waals surface area contributed by atoms with Crippen LogP contribution >= 0.6 is 0 Å². The highest BCUT2D eigenvalue weighted by molar-refractivity contribution is 5.92. The van der Waals surface area contributed by atoms with Crippen molar-refractivity contribution in [3.8, 4) is 0 Å². The van der Waals surface area contributed by atoms with E-state index in [1.807, 2.05) is 0 Å². The summed E-state index contributed by atoms with van der Waals surface area (Å²) in [6, 6.07) is -0.314. The molecule has 2 unspecified atom stereocenters. The summed E-state index contributed by atoms with van der Waals surface area (Å²) in [5, 5.41) is 21.3. The Labute approximate surface area is 97.6 Å². The van der Waals surface area contributed by atoms with Gasteiger partial charge in [0.05, 0.1) is 12.1 Å². The summed E-state index contributed by atoms with van der Waals surface area (Å²) in [6.07, 6.45) is 4.45. The van der Waals surface area contributed by atoms with E-state index < -0.39 is 11.9 Å². The number of carbonyl (C=O) groups is 2. The summed E-state index contributed by atoms with van der Waals surface area (Å²) >= 11 is 0. The molecule has 1 saturated carbocycles. The number of nitrogens with one attached hydrogen (secondary N) is 2. The first-order chi connectivity index (χ1) is 8.18. The summed E-state index contributed by atoms with van der Waals surface area (Å²) in [7, 11) is 0. The van der Waals surface area contributed by atoms with Crippen LogP contribution in [-0.2, 0) is 4.79 Å². The zero-order chi connectivity index (χ0) is 12.3. The van der Waals surface area contributed by atoms with Crippen molar-refractivity contribution in [1.29, 1.82) is 0 Å². The molecule has 3 N–H and O–H groups in total. The third-order valence-electron chi connectivity index (χ3n) is 3.05. The zero-order valence-electron chi connectivity index (χ0n) is 9.22. The lowest BCUT2D eigenvalue weighted by Gasteiger charge is -2.28. The maximum absolute atomic E-state index is 11.7. The molecule has 2 atom stereocenters. The molecule has 92 valence electrons. The lowest BCUT2D eigenvalue weighted by atomic mass is 9.84. The molecule has 1 aliphatic rings. The van der Waals surface area contributed by atoms with Gasteiger partial charge >= 0.3 is 5.97 Å². The number of nitrogens with zero attached hydrogens (tertiary/aromatic N) is 2. The van der Waals surface area contributed by atoms with Crippen LogP contribution in [0.3, 0.4) is 0 Å². The van der Waals surface area contributed by atoms with Crippen molar-refractivity contribution in [2.24, 2.45) is 5.92 Å². The Kier molecular flexibility index (Phi) is 3.36. The molecule has 7 nitrogen and oxygen atoms in total. The van der Waals surface area contributed by atoms with Gasteiger partial charge in [0.15, 0.2) is 5.69 Å². The first kappa shape index (κ1) is 11.6. The zero-order valence-corrected chi connectivity index (χ0v) is 9.22. The van der Waals surface area contributed by atoms with E-state index in [0.717, 1.165) is 12.8 Å². The molecule has 1 amide bonds. The Morgan fingerprint density at radius 1 is 1.41 bits per heavy atom. The average Bonchev–Trinajstić information content (AvgIpc) is 2.83. The van der Waals surface area contributed by atoms with E-state index >= 15 is 0 Å². The number of hydrogen-bond acceptors (Lipinski definition) is 4. The van der Waals surface area contributed by atoms with Crippen LogP contribution in [0.1, 0.15) is 36.2 Å². The van der Waals surface area contributed by atoms with E-state index in [0.29, 0.717) is 12.8 Å². The van der Waals surface area contributed by atoms with E-state index in [-0.39, 0.29) is 17.6 Å². The Morgan fingerprint density at radius 3 is 2.82 bits per heavy atom. The van der Waals surface area contributed by atoms with Gasteiger partial charge in [0.1, 0.15) is 0 Å². The predicted molar refractivity (Wildman–Crippen MR) is 57.2 cm³/mol. The third-order valence-corrected chi connectivity index (χ3v) is 3.05. The molecule has 2 rings (SSSR count). The molecule has 1 aliphatic carbocycles. The Hall–Kier alpha value is -1.92. The lowest BCUT2D eigenvalue weighted by molar-refractivity contribution is -0.143. The topological polar surface area (TPSA) is 108 Å². The van der Waals surface area contributed by atoms with Crippen LogP contribution in [0.25, 0.3) is 0 Å². The quantitative estimate of drug-likeness (QED) is 0.696. The number of carboxylic acids is 1. The molecule has 0 aromatic carbocycles. The average molecular weight is 238 g/mol. The van der Waals surface area contributed by atoms with Gasteiger partial charge in [0.25, 0.3) is 5.91 Å². The van der Waals surface area contributed by atoms with Crippen LogP contribution in [0.2, 0.25) is 0 Å². The second-order valence-electron chi connectivity index (χ2n) is 4.16. The first-order valence-corrected chi connectivity index (χ1v) is 5.58. The maximum atomic E-state index is 11.7. The van der Waals surface area contributed by atoms with E-state index in [1.165, 1.54) is 6.20 Å². The number of carboxylic acid groups (broad SMARTS) is 1. The molecule has 1 aromatic heterocycles. The Morgan fingerprint density at radius 2 is 2.18 bits per heavy atom. The number of aromatic amines is 1. The highest BCUT2D eigenvalue weighted by Crippen LogP contribution is 2.24. The molecular formula is C10H14N4O3. The summed E-state index contributed by atoms with van der Waals surface area (Å²) in [5.41, 5.74) is 0.180. The number of H-pyrrole nitrogens is 1. The fourth-order valence-electron chi connectivity index (χ4n) is 2.15. The van der Waals surface area contributed by atoms with E-state index in [4.69, 9.17) is 5.11 Å². The molecule has 1 heterocycles. The van der Waals surface area contributed by atoms with Gasteiger partial charge in [0, 0.05) is 6.04 Å². The van der Waals surface area contributed by atoms with Crippen LogP contribution < -0.4 is 5.32 Å². The van der Waals surface area contributed by atoms with Crippen LogP contribution in [0.15, 0.2) is 6.20 Å². The second kappa shape index (κ2) is 4.94. The standard InChI is InChI=1S/C10H14N4O3/c15-9(8-5-11-14-13-8)12-7-4-2-1-3-6(7)10(16)17/h5-7H,1-4H2,(H,12,15)(H,16,17)(H,11,13,14). The summed E-state index contributed by atoms with van der Waals surface area (Å²) in [5.74, 6) is -1.73. The third kappa shape index (κ3) is 2.61. The van der Waals surface area contributed by atoms with E-state index in [9.17, 15) is 9.59 Å². The number of aromatic nitrogens is 3. The van der Waals surface area contributed by atoms with Gasteiger partial charge in [-0.15, -0.1) is 0 Å². The van der Waals surface area contributed by atoms with Gasteiger partial charge in [-0.1, -0.05) is 12.8 Å². The van der Waals surface area contributed by atoms with Crippen molar-refractivity contribution >= 4 is 11.9 Å². The van der Waals surface area contributed by atoms with Crippen molar-refractivity contribution in [1.82, 2.24) is 20.7 Å². The van der Waals surface area contributed by atoms with Gasteiger partial charge in [-0.05, 0) is 12.8 Å². The lowest BCUT2D eigenvalue weighted by Crippen LogP contribution is -2.45. The van der Waals surface area contributed by atoms with Crippen LogP contribution in [0, 0.1) is 5.92 Å². The minimum atomic E-state index is -0.852. The van der Waals surface area contributed by atoms with Crippen molar-refractivity contribution in [3.05, 3.63) is 11.9 Å². The highest BCUT2D eigenvalue weighted by Gasteiger charge is 2.32. The minimum Gasteiger partial charge on any atom is -0.481 e. The van der Waals surface area contributed by atoms with Crippen molar-refractivity contribution in [2.45, 2.75) is 31.7 Å².